The smallest absolute Gasteiger partial charge is 0.0721 e. The zero-order chi connectivity index (χ0) is 11.5. The second-order valence-corrected chi connectivity index (χ2v) is 6.16. The van der Waals surface area contributed by atoms with Crippen LogP contribution >= 0.6 is 38.9 Å². The number of thiophene rings is 1. The summed E-state index contributed by atoms with van der Waals surface area (Å²) in [6, 6.07) is 10.4. The number of halogens is 2. The van der Waals surface area contributed by atoms with Crippen molar-refractivity contribution in [2.45, 2.75) is 18.7 Å². The Morgan fingerprint density at radius 2 is 2.19 bits per heavy atom. The molecule has 84 valence electrons. The van der Waals surface area contributed by atoms with Gasteiger partial charge in [0.1, 0.15) is 0 Å². The van der Waals surface area contributed by atoms with Gasteiger partial charge in [-0.2, -0.15) is 0 Å². The lowest BCUT2D eigenvalue weighted by atomic mass is 10.1. The average molecular weight is 316 g/mol. The SMILES string of the molecule is Cc1ccsc1C(Cl)Cc1cccc(Br)c1. The van der Waals surface area contributed by atoms with Crippen LogP contribution in [-0.2, 0) is 6.42 Å². The monoisotopic (exact) mass is 314 g/mol. The Morgan fingerprint density at radius 1 is 1.38 bits per heavy atom. The molecule has 1 heterocycles. The van der Waals surface area contributed by atoms with Crippen LogP contribution in [0.4, 0.5) is 0 Å². The van der Waals surface area contributed by atoms with Gasteiger partial charge in [0.05, 0.1) is 5.38 Å². The molecule has 0 amide bonds. The molecule has 0 fully saturated rings. The molecule has 0 aliphatic carbocycles. The molecule has 2 rings (SSSR count). The Hall–Kier alpha value is -0.310. The summed E-state index contributed by atoms with van der Waals surface area (Å²) in [5.74, 6) is 0. The van der Waals surface area contributed by atoms with Crippen LogP contribution in [0.2, 0.25) is 0 Å². The maximum absolute atomic E-state index is 6.43. The quantitative estimate of drug-likeness (QED) is 0.670. The molecule has 1 aromatic carbocycles. The fourth-order valence-electron chi connectivity index (χ4n) is 1.67. The Kier molecular flexibility index (Phi) is 4.06. The van der Waals surface area contributed by atoms with Crippen LogP contribution in [0.3, 0.4) is 0 Å². The second-order valence-electron chi connectivity index (χ2n) is 3.77. The van der Waals surface area contributed by atoms with Crippen molar-refractivity contribution in [3.8, 4) is 0 Å². The third kappa shape index (κ3) is 2.88. The van der Waals surface area contributed by atoms with Crippen LogP contribution in [0, 0.1) is 6.92 Å². The van der Waals surface area contributed by atoms with Crippen molar-refractivity contribution in [1.82, 2.24) is 0 Å². The number of aryl methyl sites for hydroxylation is 1. The van der Waals surface area contributed by atoms with Crippen LogP contribution in [-0.4, -0.2) is 0 Å². The highest BCUT2D eigenvalue weighted by Crippen LogP contribution is 2.32. The van der Waals surface area contributed by atoms with Crippen molar-refractivity contribution < 1.29 is 0 Å². The third-order valence-electron chi connectivity index (χ3n) is 2.49. The minimum atomic E-state index is 0.0781. The van der Waals surface area contributed by atoms with Gasteiger partial charge in [-0.1, -0.05) is 28.1 Å². The lowest BCUT2D eigenvalue weighted by Crippen LogP contribution is -1.95. The van der Waals surface area contributed by atoms with E-state index in [-0.39, 0.29) is 5.38 Å². The first-order valence-corrected chi connectivity index (χ1v) is 7.20. The van der Waals surface area contributed by atoms with Gasteiger partial charge in [0.2, 0.25) is 0 Å². The molecule has 0 bridgehead atoms. The highest BCUT2D eigenvalue weighted by Gasteiger charge is 2.12. The van der Waals surface area contributed by atoms with Crippen molar-refractivity contribution >= 4 is 38.9 Å². The lowest BCUT2D eigenvalue weighted by Gasteiger charge is -2.09. The van der Waals surface area contributed by atoms with E-state index in [1.807, 2.05) is 12.1 Å². The van der Waals surface area contributed by atoms with Gasteiger partial charge in [0.15, 0.2) is 0 Å². The molecule has 1 aromatic heterocycles. The van der Waals surface area contributed by atoms with Gasteiger partial charge in [0, 0.05) is 9.35 Å². The van der Waals surface area contributed by atoms with E-state index in [1.165, 1.54) is 16.0 Å². The molecular weight excluding hydrogens is 304 g/mol. The first-order chi connectivity index (χ1) is 7.66. The van der Waals surface area contributed by atoms with Crippen LogP contribution < -0.4 is 0 Å². The van der Waals surface area contributed by atoms with Crippen LogP contribution in [0.1, 0.15) is 21.4 Å². The molecule has 0 aliphatic rings. The zero-order valence-electron chi connectivity index (χ0n) is 8.91. The molecule has 0 radical (unpaired) electrons. The summed E-state index contributed by atoms with van der Waals surface area (Å²) in [6.07, 6.45) is 0.877. The molecular formula is C13H12BrClS. The zero-order valence-corrected chi connectivity index (χ0v) is 12.1. The number of rotatable bonds is 3. The summed E-state index contributed by atoms with van der Waals surface area (Å²) in [5.41, 5.74) is 2.56. The van der Waals surface area contributed by atoms with Gasteiger partial charge in [-0.05, 0) is 48.1 Å². The van der Waals surface area contributed by atoms with E-state index < -0.39 is 0 Å². The topological polar surface area (TPSA) is 0 Å². The Labute approximate surface area is 113 Å². The molecule has 1 unspecified atom stereocenters. The van der Waals surface area contributed by atoms with Gasteiger partial charge in [-0.25, -0.2) is 0 Å². The van der Waals surface area contributed by atoms with Gasteiger partial charge in [-0.3, -0.25) is 0 Å². The normalized spacial score (nSPS) is 12.7. The van der Waals surface area contributed by atoms with Crippen LogP contribution in [0.5, 0.6) is 0 Å². The molecule has 0 saturated heterocycles. The van der Waals surface area contributed by atoms with Crippen molar-refractivity contribution in [3.63, 3.8) is 0 Å². The highest BCUT2D eigenvalue weighted by atomic mass is 79.9. The van der Waals surface area contributed by atoms with E-state index in [0.717, 1.165) is 10.9 Å². The van der Waals surface area contributed by atoms with E-state index in [0.29, 0.717) is 0 Å². The fourth-order valence-corrected chi connectivity index (χ4v) is 3.52. The van der Waals surface area contributed by atoms with E-state index in [2.05, 4.69) is 46.4 Å². The summed E-state index contributed by atoms with van der Waals surface area (Å²) >= 11 is 11.6. The summed E-state index contributed by atoms with van der Waals surface area (Å²) in [6.45, 7) is 2.11. The minimum Gasteiger partial charge on any atom is -0.147 e. The summed E-state index contributed by atoms with van der Waals surface area (Å²) in [7, 11) is 0. The highest BCUT2D eigenvalue weighted by molar-refractivity contribution is 9.10. The Morgan fingerprint density at radius 3 is 2.81 bits per heavy atom. The average Bonchev–Trinajstić information content (AvgIpc) is 2.64. The first kappa shape index (κ1) is 12.2. The third-order valence-corrected chi connectivity index (χ3v) is 4.62. The molecule has 3 heteroatoms. The molecule has 0 N–H and O–H groups in total. The molecule has 0 saturated carbocycles. The van der Waals surface area contributed by atoms with Gasteiger partial charge >= 0.3 is 0 Å². The van der Waals surface area contributed by atoms with Crippen molar-refractivity contribution in [1.29, 1.82) is 0 Å². The largest absolute Gasteiger partial charge is 0.147 e. The molecule has 0 spiro atoms. The van der Waals surface area contributed by atoms with E-state index in [1.54, 1.807) is 11.3 Å². The number of alkyl halides is 1. The predicted molar refractivity (Wildman–Crippen MR) is 75.5 cm³/mol. The second kappa shape index (κ2) is 5.35. The van der Waals surface area contributed by atoms with Gasteiger partial charge < -0.3 is 0 Å². The van der Waals surface area contributed by atoms with Gasteiger partial charge in [-0.15, -0.1) is 22.9 Å². The minimum absolute atomic E-state index is 0.0781. The van der Waals surface area contributed by atoms with Crippen LogP contribution in [0.25, 0.3) is 0 Å². The maximum Gasteiger partial charge on any atom is 0.0721 e. The predicted octanol–water partition coefficient (Wildman–Crippen LogP) is 5.34. The van der Waals surface area contributed by atoms with Gasteiger partial charge in [0.25, 0.3) is 0 Å². The maximum atomic E-state index is 6.43. The number of benzene rings is 1. The summed E-state index contributed by atoms with van der Waals surface area (Å²) in [5, 5.41) is 2.18. The van der Waals surface area contributed by atoms with Crippen molar-refractivity contribution in [3.05, 3.63) is 56.2 Å². The number of hydrogen-bond acceptors (Lipinski definition) is 1. The molecule has 0 aliphatic heterocycles. The molecule has 0 nitrogen and oxygen atoms in total. The van der Waals surface area contributed by atoms with E-state index >= 15 is 0 Å². The van der Waals surface area contributed by atoms with E-state index in [9.17, 15) is 0 Å². The Bertz CT molecular complexity index is 478. The summed E-state index contributed by atoms with van der Waals surface area (Å²) < 4.78 is 1.11. The van der Waals surface area contributed by atoms with Crippen LogP contribution in [0.15, 0.2) is 40.2 Å². The standard InChI is InChI=1S/C13H12BrClS/c1-9-5-6-16-13(9)12(15)8-10-3-2-4-11(14)7-10/h2-7,12H,8H2,1H3. The molecule has 1 atom stereocenters. The van der Waals surface area contributed by atoms with E-state index in [4.69, 9.17) is 11.6 Å². The molecule has 2 aromatic rings. The van der Waals surface area contributed by atoms with Crippen molar-refractivity contribution in [2.24, 2.45) is 0 Å². The molecule has 16 heavy (non-hydrogen) atoms. The Balaban J connectivity index is 2.14. The fraction of sp³-hybridized carbons (Fsp3) is 0.231. The number of hydrogen-bond donors (Lipinski definition) is 0. The van der Waals surface area contributed by atoms with Crippen molar-refractivity contribution in [2.75, 3.05) is 0 Å². The summed E-state index contributed by atoms with van der Waals surface area (Å²) in [4.78, 5) is 1.28. The first-order valence-electron chi connectivity index (χ1n) is 5.09. The lowest BCUT2D eigenvalue weighted by molar-refractivity contribution is 0.931.